The largest absolute Gasteiger partial charge is 0.493 e. The zero-order valence-corrected chi connectivity index (χ0v) is 12.8. The fourth-order valence-corrected chi connectivity index (χ4v) is 2.22. The van der Waals surface area contributed by atoms with Crippen molar-refractivity contribution in [3.63, 3.8) is 0 Å². The molecule has 0 aliphatic heterocycles. The monoisotopic (exact) mass is 301 g/mol. The Bertz CT molecular complexity index is 476. The van der Waals surface area contributed by atoms with E-state index < -0.39 is 12.0 Å². The summed E-state index contributed by atoms with van der Waals surface area (Å²) in [5.41, 5.74) is 0.833. The van der Waals surface area contributed by atoms with Crippen LogP contribution in [0.15, 0.2) is 12.1 Å². The molecule has 112 valence electrons. The SMILES string of the molecule is COc1cc(CNC(C(=O)O)C(C)C)cc(Cl)c1OC. The normalized spacial score (nSPS) is 12.3. The molecule has 0 amide bonds. The third-order valence-electron chi connectivity index (χ3n) is 2.95. The van der Waals surface area contributed by atoms with E-state index in [0.29, 0.717) is 23.1 Å². The van der Waals surface area contributed by atoms with E-state index in [1.54, 1.807) is 12.1 Å². The lowest BCUT2D eigenvalue weighted by Gasteiger charge is -2.18. The molecule has 1 atom stereocenters. The first kappa shape index (κ1) is 16.6. The summed E-state index contributed by atoms with van der Waals surface area (Å²) in [6, 6.07) is 2.90. The summed E-state index contributed by atoms with van der Waals surface area (Å²) in [5.74, 6) is 0.111. The molecule has 0 aliphatic rings. The van der Waals surface area contributed by atoms with E-state index in [0.717, 1.165) is 5.56 Å². The van der Waals surface area contributed by atoms with Gasteiger partial charge in [0.15, 0.2) is 11.5 Å². The number of hydrogen-bond acceptors (Lipinski definition) is 4. The first-order valence-corrected chi connectivity index (χ1v) is 6.65. The van der Waals surface area contributed by atoms with Crippen molar-refractivity contribution in [2.24, 2.45) is 5.92 Å². The molecule has 0 radical (unpaired) electrons. The van der Waals surface area contributed by atoms with Crippen LogP contribution in [0.5, 0.6) is 11.5 Å². The lowest BCUT2D eigenvalue weighted by Crippen LogP contribution is -2.40. The maximum atomic E-state index is 11.1. The van der Waals surface area contributed by atoms with Crippen LogP contribution in [-0.2, 0) is 11.3 Å². The average Bonchev–Trinajstić information content (AvgIpc) is 2.37. The molecule has 6 heteroatoms. The predicted molar refractivity (Wildman–Crippen MR) is 77.7 cm³/mol. The minimum atomic E-state index is -0.869. The van der Waals surface area contributed by atoms with Crippen LogP contribution in [0.1, 0.15) is 19.4 Å². The van der Waals surface area contributed by atoms with Crippen LogP contribution in [0.3, 0.4) is 0 Å². The molecule has 0 fully saturated rings. The van der Waals surface area contributed by atoms with Gasteiger partial charge in [-0.1, -0.05) is 25.4 Å². The van der Waals surface area contributed by atoms with Crippen LogP contribution >= 0.6 is 11.6 Å². The van der Waals surface area contributed by atoms with Crippen LogP contribution in [0, 0.1) is 5.92 Å². The fourth-order valence-electron chi connectivity index (χ4n) is 1.91. The van der Waals surface area contributed by atoms with Gasteiger partial charge in [0, 0.05) is 6.54 Å². The number of nitrogens with one attached hydrogen (secondary N) is 1. The molecule has 0 aliphatic carbocycles. The highest BCUT2D eigenvalue weighted by molar-refractivity contribution is 6.32. The van der Waals surface area contributed by atoms with Crippen LogP contribution in [0.2, 0.25) is 5.02 Å². The lowest BCUT2D eigenvalue weighted by molar-refractivity contribution is -0.140. The van der Waals surface area contributed by atoms with E-state index in [2.05, 4.69) is 5.32 Å². The fraction of sp³-hybridized carbons (Fsp3) is 0.500. The van der Waals surface area contributed by atoms with Crippen molar-refractivity contribution in [2.45, 2.75) is 26.4 Å². The summed E-state index contributed by atoms with van der Waals surface area (Å²) in [5, 5.41) is 12.6. The summed E-state index contributed by atoms with van der Waals surface area (Å²) in [6.45, 7) is 4.09. The lowest BCUT2D eigenvalue weighted by atomic mass is 10.0. The number of ether oxygens (including phenoxy) is 2. The highest BCUT2D eigenvalue weighted by Gasteiger charge is 2.21. The van der Waals surface area contributed by atoms with Crippen molar-refractivity contribution in [1.82, 2.24) is 5.32 Å². The summed E-state index contributed by atoms with van der Waals surface area (Å²) in [6.07, 6.45) is 0. The van der Waals surface area contributed by atoms with E-state index in [1.807, 2.05) is 13.8 Å². The smallest absolute Gasteiger partial charge is 0.320 e. The van der Waals surface area contributed by atoms with Crippen molar-refractivity contribution in [3.8, 4) is 11.5 Å². The third kappa shape index (κ3) is 4.02. The minimum absolute atomic E-state index is 0.0110. The second-order valence-electron chi connectivity index (χ2n) is 4.75. The van der Waals surface area contributed by atoms with Gasteiger partial charge in [0.1, 0.15) is 6.04 Å². The minimum Gasteiger partial charge on any atom is -0.493 e. The second kappa shape index (κ2) is 7.36. The zero-order chi connectivity index (χ0) is 15.3. The highest BCUT2D eigenvalue weighted by atomic mass is 35.5. The molecule has 1 rings (SSSR count). The third-order valence-corrected chi connectivity index (χ3v) is 3.23. The standard InChI is InChI=1S/C14H20ClNO4/c1-8(2)12(14(17)18)16-7-9-5-10(15)13(20-4)11(6-9)19-3/h5-6,8,12,16H,7H2,1-4H3,(H,17,18). The first-order chi connectivity index (χ1) is 9.40. The first-order valence-electron chi connectivity index (χ1n) is 6.27. The number of aliphatic carboxylic acids is 1. The predicted octanol–water partition coefficient (Wildman–Crippen LogP) is 2.56. The molecule has 20 heavy (non-hydrogen) atoms. The van der Waals surface area contributed by atoms with Crippen molar-refractivity contribution < 1.29 is 19.4 Å². The molecule has 1 aromatic rings. The number of hydrogen-bond donors (Lipinski definition) is 2. The molecule has 0 spiro atoms. The van der Waals surface area contributed by atoms with Crippen molar-refractivity contribution in [1.29, 1.82) is 0 Å². The average molecular weight is 302 g/mol. The molecular formula is C14H20ClNO4. The number of benzene rings is 1. The summed E-state index contributed by atoms with van der Waals surface area (Å²) in [7, 11) is 3.04. The van der Waals surface area contributed by atoms with E-state index >= 15 is 0 Å². The molecule has 0 bridgehead atoms. The zero-order valence-electron chi connectivity index (χ0n) is 12.1. The van der Waals surface area contributed by atoms with Gasteiger partial charge in [-0.3, -0.25) is 4.79 Å². The van der Waals surface area contributed by atoms with E-state index in [9.17, 15) is 4.79 Å². The number of methoxy groups -OCH3 is 2. The molecule has 5 nitrogen and oxygen atoms in total. The van der Waals surface area contributed by atoms with Gasteiger partial charge >= 0.3 is 5.97 Å². The van der Waals surface area contributed by atoms with Crippen LogP contribution < -0.4 is 14.8 Å². The Hall–Kier alpha value is -1.46. The van der Waals surface area contributed by atoms with Gasteiger partial charge in [-0.15, -0.1) is 0 Å². The Labute approximate surface area is 123 Å². The van der Waals surface area contributed by atoms with Crippen molar-refractivity contribution in [2.75, 3.05) is 14.2 Å². The van der Waals surface area contributed by atoms with Gasteiger partial charge in [0.2, 0.25) is 0 Å². The van der Waals surface area contributed by atoms with E-state index in [1.165, 1.54) is 14.2 Å². The Kier molecular flexibility index (Phi) is 6.10. The van der Waals surface area contributed by atoms with Crippen LogP contribution in [0.4, 0.5) is 0 Å². The van der Waals surface area contributed by atoms with Crippen LogP contribution in [0.25, 0.3) is 0 Å². The molecule has 0 saturated heterocycles. The Balaban J connectivity index is 2.88. The maximum Gasteiger partial charge on any atom is 0.320 e. The van der Waals surface area contributed by atoms with Crippen molar-refractivity contribution >= 4 is 17.6 Å². The summed E-state index contributed by atoms with van der Waals surface area (Å²) >= 11 is 6.10. The number of rotatable bonds is 7. The molecule has 0 saturated carbocycles. The van der Waals surface area contributed by atoms with Gasteiger partial charge < -0.3 is 19.9 Å². The molecule has 1 aromatic carbocycles. The van der Waals surface area contributed by atoms with E-state index in [4.69, 9.17) is 26.2 Å². The van der Waals surface area contributed by atoms with Crippen molar-refractivity contribution in [3.05, 3.63) is 22.7 Å². The molecular weight excluding hydrogens is 282 g/mol. The number of halogens is 1. The molecule has 1 unspecified atom stereocenters. The summed E-state index contributed by atoms with van der Waals surface area (Å²) < 4.78 is 10.4. The summed E-state index contributed by atoms with van der Waals surface area (Å²) in [4.78, 5) is 11.1. The molecule has 0 aromatic heterocycles. The topological polar surface area (TPSA) is 67.8 Å². The Morgan fingerprint density at radius 1 is 1.35 bits per heavy atom. The van der Waals surface area contributed by atoms with Gasteiger partial charge in [-0.2, -0.15) is 0 Å². The Morgan fingerprint density at radius 2 is 2.00 bits per heavy atom. The highest BCUT2D eigenvalue weighted by Crippen LogP contribution is 2.35. The van der Waals surface area contributed by atoms with Gasteiger partial charge in [-0.05, 0) is 23.6 Å². The molecule has 0 heterocycles. The number of carboxylic acids is 1. The number of carboxylic acid groups (broad SMARTS) is 1. The Morgan fingerprint density at radius 3 is 2.45 bits per heavy atom. The van der Waals surface area contributed by atoms with Gasteiger partial charge in [0.05, 0.1) is 19.2 Å². The van der Waals surface area contributed by atoms with Gasteiger partial charge in [0.25, 0.3) is 0 Å². The quantitative estimate of drug-likeness (QED) is 0.810. The second-order valence-corrected chi connectivity index (χ2v) is 5.16. The maximum absolute atomic E-state index is 11.1. The molecule has 2 N–H and O–H groups in total. The van der Waals surface area contributed by atoms with E-state index in [-0.39, 0.29) is 5.92 Å². The van der Waals surface area contributed by atoms with Gasteiger partial charge in [-0.25, -0.2) is 0 Å². The van der Waals surface area contributed by atoms with Crippen LogP contribution in [-0.4, -0.2) is 31.3 Å². The number of carbonyl (C=O) groups is 1.